The molecular weight excluding hydrogens is 262 g/mol. The first-order valence-electron chi connectivity index (χ1n) is 8.08. The molecule has 3 nitrogen and oxygen atoms in total. The van der Waals surface area contributed by atoms with Crippen LogP contribution in [0.1, 0.15) is 33.3 Å². The lowest BCUT2D eigenvalue weighted by molar-refractivity contribution is 0.0476. The van der Waals surface area contributed by atoms with E-state index in [4.69, 9.17) is 9.47 Å². The van der Waals surface area contributed by atoms with E-state index in [2.05, 4.69) is 45.1 Å². The van der Waals surface area contributed by atoms with Crippen LogP contribution >= 0.6 is 0 Å². The van der Waals surface area contributed by atoms with E-state index in [1.165, 1.54) is 5.56 Å². The Balaban J connectivity index is 2.11. The number of benzene rings is 1. The fourth-order valence-corrected chi connectivity index (χ4v) is 3.61. The normalized spacial score (nSPS) is 30.3. The maximum Gasteiger partial charge on any atom is 0.118 e. The Bertz CT molecular complexity index is 431. The first-order chi connectivity index (χ1) is 10.1. The predicted molar refractivity (Wildman–Crippen MR) is 86.8 cm³/mol. The molecule has 1 aromatic carbocycles. The van der Waals surface area contributed by atoms with Gasteiger partial charge in [0.15, 0.2) is 0 Å². The third kappa shape index (κ3) is 3.78. The van der Waals surface area contributed by atoms with E-state index < -0.39 is 0 Å². The van der Waals surface area contributed by atoms with Gasteiger partial charge in [-0.2, -0.15) is 0 Å². The van der Waals surface area contributed by atoms with Gasteiger partial charge in [-0.25, -0.2) is 0 Å². The highest BCUT2D eigenvalue weighted by atomic mass is 16.5. The van der Waals surface area contributed by atoms with Gasteiger partial charge in [0, 0.05) is 12.0 Å². The predicted octanol–water partition coefficient (Wildman–Crippen LogP) is 3.28. The quantitative estimate of drug-likeness (QED) is 0.872. The highest BCUT2D eigenvalue weighted by molar-refractivity contribution is 5.27. The molecule has 1 N–H and O–H groups in total. The van der Waals surface area contributed by atoms with Gasteiger partial charge >= 0.3 is 0 Å². The Labute approximate surface area is 129 Å². The van der Waals surface area contributed by atoms with Crippen LogP contribution in [0.4, 0.5) is 0 Å². The molecule has 5 unspecified atom stereocenters. The summed E-state index contributed by atoms with van der Waals surface area (Å²) in [6.07, 6.45) is 1.70. The fraction of sp³-hybridized carbons (Fsp3) is 0.667. The second-order valence-corrected chi connectivity index (χ2v) is 6.20. The van der Waals surface area contributed by atoms with Crippen molar-refractivity contribution < 1.29 is 9.47 Å². The Hall–Kier alpha value is -1.06. The van der Waals surface area contributed by atoms with Crippen molar-refractivity contribution in [1.82, 2.24) is 5.32 Å². The first-order valence-corrected chi connectivity index (χ1v) is 8.08. The van der Waals surface area contributed by atoms with E-state index in [1.54, 1.807) is 7.11 Å². The smallest absolute Gasteiger partial charge is 0.118 e. The molecule has 1 aromatic rings. The topological polar surface area (TPSA) is 30.5 Å². The van der Waals surface area contributed by atoms with Crippen molar-refractivity contribution in [3.05, 3.63) is 29.8 Å². The zero-order valence-corrected chi connectivity index (χ0v) is 13.9. The van der Waals surface area contributed by atoms with Crippen LogP contribution in [0, 0.1) is 11.8 Å². The SMILES string of the molecule is CCNC(Cc1ccc(OC)cc1)C1C(C)OC(C)C1C. The molecule has 0 amide bonds. The molecule has 1 saturated heterocycles. The molecule has 0 aliphatic carbocycles. The van der Waals surface area contributed by atoms with E-state index in [0.29, 0.717) is 30.1 Å². The minimum atomic E-state index is 0.317. The molecule has 1 fully saturated rings. The summed E-state index contributed by atoms with van der Waals surface area (Å²) < 4.78 is 11.3. The van der Waals surface area contributed by atoms with Gasteiger partial charge in [-0.15, -0.1) is 0 Å². The minimum Gasteiger partial charge on any atom is -0.497 e. The molecule has 21 heavy (non-hydrogen) atoms. The van der Waals surface area contributed by atoms with Gasteiger partial charge in [-0.3, -0.25) is 0 Å². The highest BCUT2D eigenvalue weighted by Gasteiger charge is 2.41. The summed E-state index contributed by atoms with van der Waals surface area (Å²) in [7, 11) is 1.71. The van der Waals surface area contributed by atoms with Crippen molar-refractivity contribution in [3.63, 3.8) is 0 Å². The molecule has 3 heteroatoms. The number of ether oxygens (including phenoxy) is 2. The molecule has 0 aromatic heterocycles. The molecule has 0 saturated carbocycles. The van der Waals surface area contributed by atoms with Crippen molar-refractivity contribution in [3.8, 4) is 5.75 Å². The van der Waals surface area contributed by atoms with E-state index in [-0.39, 0.29) is 0 Å². The molecule has 1 aliphatic heterocycles. The van der Waals surface area contributed by atoms with Crippen LogP contribution in [-0.4, -0.2) is 31.9 Å². The van der Waals surface area contributed by atoms with Crippen molar-refractivity contribution in [1.29, 1.82) is 0 Å². The van der Waals surface area contributed by atoms with Gasteiger partial charge in [-0.05, 0) is 50.4 Å². The molecule has 1 heterocycles. The summed E-state index contributed by atoms with van der Waals surface area (Å²) in [5.74, 6) is 2.06. The molecule has 0 radical (unpaired) electrons. The second-order valence-electron chi connectivity index (χ2n) is 6.20. The van der Waals surface area contributed by atoms with Crippen LogP contribution in [0.15, 0.2) is 24.3 Å². The minimum absolute atomic E-state index is 0.317. The van der Waals surface area contributed by atoms with Crippen molar-refractivity contribution in [2.24, 2.45) is 11.8 Å². The van der Waals surface area contributed by atoms with Crippen molar-refractivity contribution >= 4 is 0 Å². The number of likely N-dealkylation sites (N-methyl/N-ethyl adjacent to an activating group) is 1. The number of nitrogens with one attached hydrogen (secondary N) is 1. The zero-order chi connectivity index (χ0) is 15.4. The lowest BCUT2D eigenvalue weighted by Crippen LogP contribution is -2.43. The van der Waals surface area contributed by atoms with E-state index in [9.17, 15) is 0 Å². The molecule has 0 spiro atoms. The fourth-order valence-electron chi connectivity index (χ4n) is 3.61. The highest BCUT2D eigenvalue weighted by Crippen LogP contribution is 2.35. The van der Waals surface area contributed by atoms with Crippen molar-refractivity contribution in [2.45, 2.75) is 52.4 Å². The molecule has 5 atom stereocenters. The van der Waals surface area contributed by atoms with E-state index in [0.717, 1.165) is 18.7 Å². The first kappa shape index (κ1) is 16.3. The van der Waals surface area contributed by atoms with E-state index in [1.807, 2.05) is 12.1 Å². The maximum absolute atomic E-state index is 6.03. The van der Waals surface area contributed by atoms with Gasteiger partial charge in [0.25, 0.3) is 0 Å². The standard InChI is InChI=1S/C18H29NO2/c1-6-19-17(18-12(2)13(3)21-14(18)4)11-15-7-9-16(20-5)10-8-15/h7-10,12-14,17-19H,6,11H2,1-5H3. The summed E-state index contributed by atoms with van der Waals surface area (Å²) in [4.78, 5) is 0. The summed E-state index contributed by atoms with van der Waals surface area (Å²) >= 11 is 0. The Morgan fingerprint density at radius 3 is 2.29 bits per heavy atom. The second kappa shape index (κ2) is 7.28. The third-order valence-electron chi connectivity index (χ3n) is 4.86. The molecule has 1 aliphatic rings. The molecule has 2 rings (SSSR count). The number of methoxy groups -OCH3 is 1. The van der Waals surface area contributed by atoms with Gasteiger partial charge in [0.05, 0.1) is 19.3 Å². The Morgan fingerprint density at radius 1 is 1.14 bits per heavy atom. The number of rotatable bonds is 6. The maximum atomic E-state index is 6.03. The Kier molecular flexibility index (Phi) is 5.65. The lowest BCUT2D eigenvalue weighted by Gasteiger charge is -2.30. The van der Waals surface area contributed by atoms with Crippen LogP contribution in [0.2, 0.25) is 0 Å². The molecule has 0 bridgehead atoms. The van der Waals surface area contributed by atoms with Crippen LogP contribution < -0.4 is 10.1 Å². The monoisotopic (exact) mass is 291 g/mol. The molecule has 118 valence electrons. The summed E-state index contributed by atoms with van der Waals surface area (Å²) in [6, 6.07) is 8.87. The zero-order valence-electron chi connectivity index (χ0n) is 13.9. The van der Waals surface area contributed by atoms with Gasteiger partial charge < -0.3 is 14.8 Å². The average molecular weight is 291 g/mol. The Morgan fingerprint density at radius 2 is 1.81 bits per heavy atom. The van der Waals surface area contributed by atoms with Crippen LogP contribution in [0.3, 0.4) is 0 Å². The summed E-state index contributed by atoms with van der Waals surface area (Å²) in [5, 5.41) is 3.67. The number of hydrogen-bond donors (Lipinski definition) is 1. The summed E-state index contributed by atoms with van der Waals surface area (Å²) in [5.41, 5.74) is 1.35. The number of hydrogen-bond acceptors (Lipinski definition) is 3. The molecular formula is C18H29NO2. The lowest BCUT2D eigenvalue weighted by atomic mass is 9.81. The van der Waals surface area contributed by atoms with Gasteiger partial charge in [-0.1, -0.05) is 26.0 Å². The van der Waals surface area contributed by atoms with Crippen molar-refractivity contribution in [2.75, 3.05) is 13.7 Å². The van der Waals surface area contributed by atoms with Crippen LogP contribution in [0.25, 0.3) is 0 Å². The van der Waals surface area contributed by atoms with Gasteiger partial charge in [0.2, 0.25) is 0 Å². The van der Waals surface area contributed by atoms with E-state index >= 15 is 0 Å². The third-order valence-corrected chi connectivity index (χ3v) is 4.86. The van der Waals surface area contributed by atoms with Gasteiger partial charge in [0.1, 0.15) is 5.75 Å². The largest absolute Gasteiger partial charge is 0.497 e. The summed E-state index contributed by atoms with van der Waals surface area (Å²) in [6.45, 7) is 9.89. The average Bonchev–Trinajstić information content (AvgIpc) is 2.72. The van der Waals surface area contributed by atoms with Crippen LogP contribution in [0.5, 0.6) is 5.75 Å². The van der Waals surface area contributed by atoms with Crippen LogP contribution in [-0.2, 0) is 11.2 Å².